The summed E-state index contributed by atoms with van der Waals surface area (Å²) in [6.07, 6.45) is 2.62. The van der Waals surface area contributed by atoms with Gasteiger partial charge in [-0.1, -0.05) is 12.1 Å². The highest BCUT2D eigenvalue weighted by atomic mass is 32.1. The van der Waals surface area contributed by atoms with E-state index < -0.39 is 4.92 Å². The van der Waals surface area contributed by atoms with Gasteiger partial charge in [0, 0.05) is 18.7 Å². The minimum absolute atomic E-state index is 0.0738. The topological polar surface area (TPSA) is 85.1 Å². The van der Waals surface area contributed by atoms with Crippen LogP contribution in [0.25, 0.3) is 0 Å². The van der Waals surface area contributed by atoms with E-state index >= 15 is 0 Å². The van der Waals surface area contributed by atoms with Crippen LogP contribution in [0.3, 0.4) is 0 Å². The van der Waals surface area contributed by atoms with Crippen LogP contribution in [0.15, 0.2) is 29.8 Å². The van der Waals surface area contributed by atoms with Gasteiger partial charge < -0.3 is 5.32 Å². The molecule has 0 aliphatic heterocycles. The molecule has 1 amide bonds. The minimum atomic E-state index is -0.402. The Morgan fingerprint density at radius 3 is 2.64 bits per heavy atom. The number of carbonyl (C=O) groups excluding carboxylic acids is 1. The van der Waals surface area contributed by atoms with Crippen LogP contribution in [0, 0.1) is 17.0 Å². The molecule has 1 aromatic heterocycles. The number of nitrogens with one attached hydrogen (secondary N) is 1. The lowest BCUT2D eigenvalue weighted by molar-refractivity contribution is -0.384. The zero-order valence-electron chi connectivity index (χ0n) is 12.2. The molecule has 2 aromatic rings. The van der Waals surface area contributed by atoms with E-state index in [4.69, 9.17) is 0 Å². The maximum absolute atomic E-state index is 11.9. The number of aryl methyl sites for hydroxylation is 2. The quantitative estimate of drug-likeness (QED) is 0.483. The van der Waals surface area contributed by atoms with Crippen molar-refractivity contribution < 1.29 is 9.72 Å². The first-order valence-electron chi connectivity index (χ1n) is 6.99. The van der Waals surface area contributed by atoms with Gasteiger partial charge in [-0.2, -0.15) is 0 Å². The van der Waals surface area contributed by atoms with Crippen molar-refractivity contribution in [2.75, 3.05) is 6.54 Å². The summed E-state index contributed by atoms with van der Waals surface area (Å²) in [7, 11) is 0. The normalized spacial score (nSPS) is 10.4. The van der Waals surface area contributed by atoms with E-state index in [0.717, 1.165) is 30.5 Å². The summed E-state index contributed by atoms with van der Waals surface area (Å²) in [4.78, 5) is 26.7. The predicted molar refractivity (Wildman–Crippen MR) is 85.2 cm³/mol. The lowest BCUT2D eigenvalue weighted by atomic mass is 10.1. The molecule has 0 aliphatic carbocycles. The van der Waals surface area contributed by atoms with E-state index in [9.17, 15) is 14.9 Å². The van der Waals surface area contributed by atoms with Gasteiger partial charge in [-0.15, -0.1) is 11.3 Å². The lowest BCUT2D eigenvalue weighted by Crippen LogP contribution is -2.24. The van der Waals surface area contributed by atoms with Gasteiger partial charge in [0.2, 0.25) is 0 Å². The first-order chi connectivity index (χ1) is 10.6. The number of benzene rings is 1. The van der Waals surface area contributed by atoms with Crippen molar-refractivity contribution in [2.24, 2.45) is 0 Å². The van der Waals surface area contributed by atoms with Gasteiger partial charge in [0.25, 0.3) is 11.6 Å². The molecule has 1 heterocycles. The standard InChI is InChI=1S/C15H17N3O3S/c1-11-14(22-10-17-11)15(19)16-9-3-2-4-12-5-7-13(8-6-12)18(20)21/h5-8,10H,2-4,9H2,1H3,(H,16,19). The number of rotatable bonds is 7. The number of nitrogens with zero attached hydrogens (tertiary/aromatic N) is 2. The average Bonchev–Trinajstić information content (AvgIpc) is 2.93. The predicted octanol–water partition coefficient (Wildman–Crippen LogP) is 3.11. The number of carbonyl (C=O) groups is 1. The van der Waals surface area contributed by atoms with Crippen LogP contribution in [0.1, 0.15) is 33.8 Å². The number of nitro benzene ring substituents is 1. The third-order valence-electron chi connectivity index (χ3n) is 3.28. The summed E-state index contributed by atoms with van der Waals surface area (Å²) in [6.45, 7) is 2.43. The molecule has 6 nitrogen and oxygen atoms in total. The van der Waals surface area contributed by atoms with Crippen LogP contribution >= 0.6 is 11.3 Å². The highest BCUT2D eigenvalue weighted by Gasteiger charge is 2.10. The number of unbranched alkanes of at least 4 members (excludes halogenated alkanes) is 1. The van der Waals surface area contributed by atoms with Crippen LogP contribution in [0.2, 0.25) is 0 Å². The Hall–Kier alpha value is -2.28. The van der Waals surface area contributed by atoms with Crippen molar-refractivity contribution in [3.63, 3.8) is 0 Å². The molecule has 116 valence electrons. The number of non-ortho nitro benzene ring substituents is 1. The zero-order chi connectivity index (χ0) is 15.9. The van der Waals surface area contributed by atoms with Crippen molar-refractivity contribution >= 4 is 22.9 Å². The Morgan fingerprint density at radius 2 is 2.05 bits per heavy atom. The molecule has 0 bridgehead atoms. The summed E-state index contributed by atoms with van der Waals surface area (Å²) < 4.78 is 0. The van der Waals surface area contributed by atoms with Crippen LogP contribution in [0.5, 0.6) is 0 Å². The van der Waals surface area contributed by atoms with Crippen molar-refractivity contribution in [1.82, 2.24) is 10.3 Å². The van der Waals surface area contributed by atoms with Crippen molar-refractivity contribution in [2.45, 2.75) is 26.2 Å². The molecule has 1 aromatic carbocycles. The molecule has 22 heavy (non-hydrogen) atoms. The zero-order valence-corrected chi connectivity index (χ0v) is 13.1. The number of hydrogen-bond acceptors (Lipinski definition) is 5. The van der Waals surface area contributed by atoms with E-state index in [-0.39, 0.29) is 11.6 Å². The second kappa shape index (κ2) is 7.65. The molecule has 0 saturated heterocycles. The van der Waals surface area contributed by atoms with Crippen LogP contribution in [0.4, 0.5) is 5.69 Å². The SMILES string of the molecule is Cc1ncsc1C(=O)NCCCCc1ccc([N+](=O)[O-])cc1. The summed E-state index contributed by atoms with van der Waals surface area (Å²) in [6, 6.07) is 6.59. The van der Waals surface area contributed by atoms with E-state index in [1.807, 2.05) is 6.92 Å². The van der Waals surface area contributed by atoms with Gasteiger partial charge in [0.05, 0.1) is 16.1 Å². The first kappa shape index (κ1) is 16.1. The summed E-state index contributed by atoms with van der Waals surface area (Å²) >= 11 is 1.34. The van der Waals surface area contributed by atoms with Crippen LogP contribution in [-0.2, 0) is 6.42 Å². The van der Waals surface area contributed by atoms with Gasteiger partial charge in [-0.05, 0) is 31.7 Å². The van der Waals surface area contributed by atoms with Gasteiger partial charge in [-0.25, -0.2) is 4.98 Å². The molecular weight excluding hydrogens is 302 g/mol. The molecule has 2 rings (SSSR count). The first-order valence-corrected chi connectivity index (χ1v) is 7.87. The number of thiazole rings is 1. The summed E-state index contributed by atoms with van der Waals surface area (Å²) in [5.74, 6) is -0.0738. The minimum Gasteiger partial charge on any atom is -0.351 e. The average molecular weight is 319 g/mol. The maximum atomic E-state index is 11.9. The second-order valence-electron chi connectivity index (χ2n) is 4.90. The summed E-state index contributed by atoms with van der Waals surface area (Å²) in [5, 5.41) is 13.4. The maximum Gasteiger partial charge on any atom is 0.269 e. The third-order valence-corrected chi connectivity index (χ3v) is 4.20. The number of aromatic nitrogens is 1. The van der Waals surface area contributed by atoms with Gasteiger partial charge in [0.1, 0.15) is 4.88 Å². The van der Waals surface area contributed by atoms with Crippen molar-refractivity contribution in [1.29, 1.82) is 0 Å². The second-order valence-corrected chi connectivity index (χ2v) is 5.76. The van der Waals surface area contributed by atoms with E-state index in [0.29, 0.717) is 11.4 Å². The lowest BCUT2D eigenvalue weighted by Gasteiger charge is -2.04. The molecule has 0 unspecified atom stereocenters. The fourth-order valence-electron chi connectivity index (χ4n) is 2.04. The van der Waals surface area contributed by atoms with E-state index in [1.54, 1.807) is 17.6 Å². The van der Waals surface area contributed by atoms with Crippen molar-refractivity contribution in [3.05, 3.63) is 56.0 Å². The molecular formula is C15H17N3O3S. The van der Waals surface area contributed by atoms with E-state index in [2.05, 4.69) is 10.3 Å². The Labute approximate surface area is 132 Å². The highest BCUT2D eigenvalue weighted by molar-refractivity contribution is 7.11. The molecule has 0 fully saturated rings. The Morgan fingerprint density at radius 1 is 1.32 bits per heavy atom. The highest BCUT2D eigenvalue weighted by Crippen LogP contribution is 2.14. The Balaban J connectivity index is 1.68. The molecule has 1 N–H and O–H groups in total. The third kappa shape index (κ3) is 4.36. The number of nitro groups is 1. The largest absolute Gasteiger partial charge is 0.351 e. The van der Waals surface area contributed by atoms with Gasteiger partial charge in [0.15, 0.2) is 0 Å². The van der Waals surface area contributed by atoms with Crippen molar-refractivity contribution in [3.8, 4) is 0 Å². The van der Waals surface area contributed by atoms with E-state index in [1.165, 1.54) is 23.5 Å². The van der Waals surface area contributed by atoms with Crippen LogP contribution in [-0.4, -0.2) is 22.4 Å². The molecule has 0 atom stereocenters. The smallest absolute Gasteiger partial charge is 0.269 e. The Bertz CT molecular complexity index is 652. The van der Waals surface area contributed by atoms with Crippen LogP contribution < -0.4 is 5.32 Å². The summed E-state index contributed by atoms with van der Waals surface area (Å²) in [5.41, 5.74) is 3.60. The fraction of sp³-hybridized carbons (Fsp3) is 0.333. The van der Waals surface area contributed by atoms with Gasteiger partial charge in [-0.3, -0.25) is 14.9 Å². The monoisotopic (exact) mass is 319 g/mol. The molecule has 0 spiro atoms. The molecule has 0 aliphatic rings. The molecule has 0 saturated carbocycles. The van der Waals surface area contributed by atoms with Gasteiger partial charge >= 0.3 is 0 Å². The number of hydrogen-bond donors (Lipinski definition) is 1. The molecule has 7 heteroatoms. The Kier molecular flexibility index (Phi) is 5.60. The fourth-order valence-corrected chi connectivity index (χ4v) is 2.76. The molecule has 0 radical (unpaired) electrons. The number of amides is 1.